The quantitative estimate of drug-likeness (QED) is 0.776. The maximum atomic E-state index is 11.3. The Kier molecular flexibility index (Phi) is 2.73. The van der Waals surface area contributed by atoms with E-state index in [1.807, 2.05) is 12.1 Å². The molecule has 0 radical (unpaired) electrons. The first kappa shape index (κ1) is 10.6. The molecule has 0 bridgehead atoms. The average Bonchev–Trinajstić information content (AvgIpc) is 2.39. The summed E-state index contributed by atoms with van der Waals surface area (Å²) in [5, 5.41) is 6.35. The second-order valence-electron chi connectivity index (χ2n) is 4.59. The third kappa shape index (κ3) is 2.13. The molecule has 0 spiro atoms. The van der Waals surface area contributed by atoms with E-state index >= 15 is 0 Å². The number of hydrogen-bond acceptors (Lipinski definition) is 3. The second kappa shape index (κ2) is 4.37. The zero-order valence-electron chi connectivity index (χ0n) is 9.66. The first-order chi connectivity index (χ1) is 8.33. The fourth-order valence-corrected chi connectivity index (χ4v) is 2.45. The Morgan fingerprint density at radius 3 is 3.06 bits per heavy atom. The lowest BCUT2D eigenvalue weighted by Crippen LogP contribution is -2.28. The number of amides is 1. The number of nitrogens with one attached hydrogen (secondary N) is 2. The van der Waals surface area contributed by atoms with E-state index in [-0.39, 0.29) is 12.5 Å². The van der Waals surface area contributed by atoms with Crippen molar-refractivity contribution >= 4 is 11.6 Å². The normalized spacial score (nSPS) is 23.5. The van der Waals surface area contributed by atoms with Crippen LogP contribution in [0.4, 0.5) is 5.69 Å². The number of ether oxygens (including phenoxy) is 1. The van der Waals surface area contributed by atoms with Gasteiger partial charge in [-0.2, -0.15) is 0 Å². The first-order valence-electron chi connectivity index (χ1n) is 6.13. The topological polar surface area (TPSA) is 50.4 Å². The highest BCUT2D eigenvalue weighted by molar-refractivity contribution is 5.95. The van der Waals surface area contributed by atoms with Crippen LogP contribution in [-0.2, 0) is 4.79 Å². The molecule has 1 fully saturated rings. The van der Waals surface area contributed by atoms with Gasteiger partial charge in [0.1, 0.15) is 5.75 Å². The molecule has 1 unspecified atom stereocenters. The predicted octanol–water partition coefficient (Wildman–Crippen LogP) is 1.83. The van der Waals surface area contributed by atoms with E-state index in [4.69, 9.17) is 4.74 Å². The number of benzene rings is 1. The van der Waals surface area contributed by atoms with E-state index < -0.39 is 0 Å². The van der Waals surface area contributed by atoms with Gasteiger partial charge in [0.05, 0.1) is 5.69 Å². The van der Waals surface area contributed by atoms with Crippen molar-refractivity contribution in [2.45, 2.75) is 25.3 Å². The highest BCUT2D eigenvalue weighted by Gasteiger charge is 2.19. The van der Waals surface area contributed by atoms with Crippen molar-refractivity contribution in [3.63, 3.8) is 0 Å². The summed E-state index contributed by atoms with van der Waals surface area (Å²) in [4.78, 5) is 11.3. The lowest BCUT2D eigenvalue weighted by molar-refractivity contribution is -0.118. The van der Waals surface area contributed by atoms with Crippen LogP contribution in [0.25, 0.3) is 0 Å². The van der Waals surface area contributed by atoms with E-state index in [2.05, 4.69) is 16.7 Å². The summed E-state index contributed by atoms with van der Waals surface area (Å²) in [5.74, 6) is 0.690. The van der Waals surface area contributed by atoms with Gasteiger partial charge in [-0.25, -0.2) is 0 Å². The van der Waals surface area contributed by atoms with Crippen LogP contribution in [0.15, 0.2) is 18.2 Å². The molecule has 1 aromatic carbocycles. The predicted molar refractivity (Wildman–Crippen MR) is 65.2 cm³/mol. The lowest BCUT2D eigenvalue weighted by Gasteiger charge is -2.25. The molecule has 0 aliphatic carbocycles. The van der Waals surface area contributed by atoms with Crippen LogP contribution in [0.2, 0.25) is 0 Å². The third-order valence-electron chi connectivity index (χ3n) is 3.35. The van der Waals surface area contributed by atoms with E-state index in [9.17, 15) is 4.79 Å². The molecule has 4 nitrogen and oxygen atoms in total. The van der Waals surface area contributed by atoms with Gasteiger partial charge >= 0.3 is 0 Å². The number of piperidine rings is 1. The number of fused-ring (bicyclic) bond motifs is 1. The van der Waals surface area contributed by atoms with Gasteiger partial charge < -0.3 is 15.4 Å². The smallest absolute Gasteiger partial charge is 0.262 e. The Hall–Kier alpha value is -1.55. The van der Waals surface area contributed by atoms with Gasteiger partial charge in [-0.15, -0.1) is 0 Å². The molecule has 2 N–H and O–H groups in total. The van der Waals surface area contributed by atoms with Crippen molar-refractivity contribution in [2.24, 2.45) is 0 Å². The van der Waals surface area contributed by atoms with Gasteiger partial charge in [-0.3, -0.25) is 4.79 Å². The van der Waals surface area contributed by atoms with Crippen LogP contribution in [0.5, 0.6) is 5.75 Å². The number of anilines is 1. The van der Waals surface area contributed by atoms with Crippen LogP contribution in [0, 0.1) is 0 Å². The Morgan fingerprint density at radius 2 is 2.24 bits per heavy atom. The molecule has 90 valence electrons. The fourth-order valence-electron chi connectivity index (χ4n) is 2.45. The molecule has 4 heteroatoms. The molecule has 0 aromatic heterocycles. The second-order valence-corrected chi connectivity index (χ2v) is 4.59. The first-order valence-corrected chi connectivity index (χ1v) is 6.13. The van der Waals surface area contributed by atoms with Gasteiger partial charge in [-0.1, -0.05) is 12.5 Å². The minimum Gasteiger partial charge on any atom is -0.482 e. The molecule has 0 saturated carbocycles. The molecule has 1 aromatic rings. The van der Waals surface area contributed by atoms with Crippen molar-refractivity contribution in [2.75, 3.05) is 18.5 Å². The summed E-state index contributed by atoms with van der Waals surface area (Å²) < 4.78 is 5.35. The van der Waals surface area contributed by atoms with Gasteiger partial charge in [0, 0.05) is 6.04 Å². The number of rotatable bonds is 1. The largest absolute Gasteiger partial charge is 0.482 e. The summed E-state index contributed by atoms with van der Waals surface area (Å²) in [6, 6.07) is 6.46. The van der Waals surface area contributed by atoms with Crippen molar-refractivity contribution in [3.05, 3.63) is 23.8 Å². The van der Waals surface area contributed by atoms with Crippen LogP contribution in [0.3, 0.4) is 0 Å². The number of carbonyl (C=O) groups excluding carboxylic acids is 1. The molecule has 3 rings (SSSR count). The van der Waals surface area contributed by atoms with Crippen LogP contribution >= 0.6 is 0 Å². The summed E-state index contributed by atoms with van der Waals surface area (Å²) in [6.45, 7) is 1.19. The summed E-state index contributed by atoms with van der Waals surface area (Å²) in [5.41, 5.74) is 2.03. The highest BCUT2D eigenvalue weighted by Crippen LogP contribution is 2.32. The Labute approximate surface area is 100 Å². The zero-order valence-corrected chi connectivity index (χ0v) is 9.66. The maximum Gasteiger partial charge on any atom is 0.262 e. The van der Waals surface area contributed by atoms with Crippen molar-refractivity contribution in [3.8, 4) is 5.75 Å². The SMILES string of the molecule is O=C1COc2ccc(C3CCCCN3)cc2N1. The van der Waals surface area contributed by atoms with Crippen molar-refractivity contribution in [1.82, 2.24) is 5.32 Å². The Balaban J connectivity index is 1.86. The lowest BCUT2D eigenvalue weighted by atomic mass is 9.97. The molecule has 1 atom stereocenters. The number of hydrogen-bond donors (Lipinski definition) is 2. The van der Waals surface area contributed by atoms with E-state index in [0.717, 1.165) is 24.4 Å². The molecular weight excluding hydrogens is 216 g/mol. The Bertz CT molecular complexity index is 439. The van der Waals surface area contributed by atoms with Crippen LogP contribution in [-0.4, -0.2) is 19.1 Å². The molecule has 17 heavy (non-hydrogen) atoms. The van der Waals surface area contributed by atoms with Gasteiger partial charge in [-0.05, 0) is 37.1 Å². The molecule has 1 amide bonds. The zero-order chi connectivity index (χ0) is 11.7. The standard InChI is InChI=1S/C13H16N2O2/c16-13-8-17-12-5-4-9(7-11(12)15-13)10-3-1-2-6-14-10/h4-5,7,10,14H,1-3,6,8H2,(H,15,16). The van der Waals surface area contributed by atoms with E-state index in [0.29, 0.717) is 6.04 Å². The molecular formula is C13H16N2O2. The molecule has 2 aliphatic rings. The van der Waals surface area contributed by atoms with Gasteiger partial charge in [0.25, 0.3) is 5.91 Å². The monoisotopic (exact) mass is 232 g/mol. The molecule has 1 saturated heterocycles. The molecule has 2 heterocycles. The van der Waals surface area contributed by atoms with Crippen molar-refractivity contribution < 1.29 is 9.53 Å². The van der Waals surface area contributed by atoms with E-state index in [1.54, 1.807) is 0 Å². The van der Waals surface area contributed by atoms with Gasteiger partial charge in [0.2, 0.25) is 0 Å². The molecule has 2 aliphatic heterocycles. The summed E-state index contributed by atoms with van der Waals surface area (Å²) in [6.07, 6.45) is 3.67. The number of carbonyl (C=O) groups is 1. The summed E-state index contributed by atoms with van der Waals surface area (Å²) >= 11 is 0. The fraction of sp³-hybridized carbons (Fsp3) is 0.462. The van der Waals surface area contributed by atoms with Crippen LogP contribution < -0.4 is 15.4 Å². The van der Waals surface area contributed by atoms with Gasteiger partial charge in [0.15, 0.2) is 6.61 Å². The third-order valence-corrected chi connectivity index (χ3v) is 3.35. The van der Waals surface area contributed by atoms with Crippen LogP contribution in [0.1, 0.15) is 30.9 Å². The minimum atomic E-state index is -0.0775. The highest BCUT2D eigenvalue weighted by atomic mass is 16.5. The summed E-state index contributed by atoms with van der Waals surface area (Å²) in [7, 11) is 0. The van der Waals surface area contributed by atoms with Crippen molar-refractivity contribution in [1.29, 1.82) is 0 Å². The average molecular weight is 232 g/mol. The Morgan fingerprint density at radius 1 is 1.29 bits per heavy atom. The minimum absolute atomic E-state index is 0.0775. The van der Waals surface area contributed by atoms with E-state index in [1.165, 1.54) is 18.4 Å². The maximum absolute atomic E-state index is 11.3.